The zero-order valence-corrected chi connectivity index (χ0v) is 18.0. The average Bonchev–Trinajstić information content (AvgIpc) is 3.29. The average molecular weight is 423 g/mol. The van der Waals surface area contributed by atoms with Crippen LogP contribution in [0.15, 0.2) is 60.0 Å². The minimum absolute atomic E-state index is 0.0303. The smallest absolute Gasteiger partial charge is 0.238 e. The molecule has 0 saturated heterocycles. The molecule has 2 N–H and O–H groups in total. The summed E-state index contributed by atoms with van der Waals surface area (Å²) in [5.74, 6) is 1.75. The van der Waals surface area contributed by atoms with E-state index in [2.05, 4.69) is 60.2 Å². The minimum Gasteiger partial charge on any atom is -0.486 e. The molecule has 4 rings (SSSR count). The summed E-state index contributed by atoms with van der Waals surface area (Å²) in [6.45, 7) is 5.64. The van der Waals surface area contributed by atoms with E-state index in [9.17, 15) is 4.79 Å². The third kappa shape index (κ3) is 4.83. The molecule has 1 atom stereocenters. The van der Waals surface area contributed by atoms with Crippen LogP contribution in [-0.2, 0) is 4.79 Å². The Morgan fingerprint density at radius 1 is 1.00 bits per heavy atom. The predicted octanol–water partition coefficient (Wildman–Crippen LogP) is 4.96. The van der Waals surface area contributed by atoms with Gasteiger partial charge < -0.3 is 14.8 Å². The number of hydrogen-bond donors (Lipinski definition) is 2. The van der Waals surface area contributed by atoms with Crippen molar-refractivity contribution < 1.29 is 14.3 Å². The summed E-state index contributed by atoms with van der Waals surface area (Å²) in [5.41, 5.74) is 3.15. The highest BCUT2D eigenvalue weighted by Gasteiger charge is 2.17. The molecular weight excluding hydrogens is 396 g/mol. The zero-order valence-electron chi connectivity index (χ0n) is 17.2. The van der Waals surface area contributed by atoms with E-state index in [4.69, 9.17) is 9.47 Å². The molecular formula is C24H26N2O3S. The number of fused-ring (bicyclic) bond motifs is 1. The quantitative estimate of drug-likeness (QED) is 0.565. The van der Waals surface area contributed by atoms with Crippen molar-refractivity contribution in [3.05, 3.63) is 76.0 Å². The summed E-state index contributed by atoms with van der Waals surface area (Å²) >= 11 is 1.68. The van der Waals surface area contributed by atoms with E-state index in [-0.39, 0.29) is 18.5 Å². The van der Waals surface area contributed by atoms with Gasteiger partial charge in [-0.3, -0.25) is 10.1 Å². The summed E-state index contributed by atoms with van der Waals surface area (Å²) in [4.78, 5) is 13.8. The molecule has 3 aromatic rings. The van der Waals surface area contributed by atoms with Crippen LogP contribution in [0.25, 0.3) is 0 Å². The molecule has 0 aliphatic carbocycles. The molecule has 5 nitrogen and oxygen atoms in total. The van der Waals surface area contributed by atoms with Crippen molar-refractivity contribution in [2.75, 3.05) is 25.1 Å². The highest BCUT2D eigenvalue weighted by molar-refractivity contribution is 7.10. The fourth-order valence-electron chi connectivity index (χ4n) is 3.43. The fraction of sp³-hybridized carbons (Fsp3) is 0.292. The Balaban J connectivity index is 1.43. The van der Waals surface area contributed by atoms with E-state index >= 15 is 0 Å². The standard InChI is InChI=1S/C24H26N2O3S/c1-16(2)17-5-7-18(8-6-17)24(22-4-3-13-30-22)25-15-23(27)26-19-9-10-20-21(14-19)29-12-11-28-20/h3-10,13-14,16,24-25H,11-12,15H2,1-2H3,(H,26,27). The SMILES string of the molecule is CC(C)c1ccc(C(NCC(=O)Nc2ccc3c(c2)OCCO3)c2cccs2)cc1. The van der Waals surface area contributed by atoms with Gasteiger partial charge in [0.2, 0.25) is 5.91 Å². The first kappa shape index (κ1) is 20.4. The first-order valence-electron chi connectivity index (χ1n) is 10.2. The van der Waals surface area contributed by atoms with E-state index in [1.807, 2.05) is 18.2 Å². The molecule has 0 spiro atoms. The van der Waals surface area contributed by atoms with E-state index in [0.29, 0.717) is 36.3 Å². The third-order valence-electron chi connectivity index (χ3n) is 5.06. The molecule has 30 heavy (non-hydrogen) atoms. The Hall–Kier alpha value is -2.83. The molecule has 0 bridgehead atoms. The van der Waals surface area contributed by atoms with E-state index in [0.717, 1.165) is 5.56 Å². The van der Waals surface area contributed by atoms with E-state index in [1.165, 1.54) is 10.4 Å². The van der Waals surface area contributed by atoms with Crippen molar-refractivity contribution in [2.24, 2.45) is 0 Å². The molecule has 0 saturated carbocycles. The zero-order chi connectivity index (χ0) is 20.9. The van der Waals surface area contributed by atoms with Crippen LogP contribution >= 0.6 is 11.3 Å². The van der Waals surface area contributed by atoms with Crippen LogP contribution < -0.4 is 20.1 Å². The van der Waals surface area contributed by atoms with E-state index < -0.39 is 0 Å². The van der Waals surface area contributed by atoms with Gasteiger partial charge in [0, 0.05) is 16.6 Å². The second-order valence-electron chi connectivity index (χ2n) is 7.56. The van der Waals surface area contributed by atoms with Crippen molar-refractivity contribution in [3.63, 3.8) is 0 Å². The van der Waals surface area contributed by atoms with Gasteiger partial charge in [-0.15, -0.1) is 11.3 Å². The Morgan fingerprint density at radius 3 is 2.43 bits per heavy atom. The summed E-state index contributed by atoms with van der Waals surface area (Å²) in [6.07, 6.45) is 0. The number of thiophene rings is 1. The topological polar surface area (TPSA) is 59.6 Å². The highest BCUT2D eigenvalue weighted by atomic mass is 32.1. The summed E-state index contributed by atoms with van der Waals surface area (Å²) in [7, 11) is 0. The minimum atomic E-state index is -0.105. The number of rotatable bonds is 7. The number of amides is 1. The third-order valence-corrected chi connectivity index (χ3v) is 5.99. The number of nitrogens with one attached hydrogen (secondary N) is 2. The van der Waals surface area contributed by atoms with Crippen molar-refractivity contribution >= 4 is 22.9 Å². The molecule has 0 fully saturated rings. The Morgan fingerprint density at radius 2 is 1.73 bits per heavy atom. The van der Waals surface area contributed by atoms with Crippen LogP contribution in [0, 0.1) is 0 Å². The number of anilines is 1. The van der Waals surface area contributed by atoms with Gasteiger partial charge in [0.05, 0.1) is 12.6 Å². The molecule has 2 heterocycles. The Bertz CT molecular complexity index is 984. The van der Waals surface area contributed by atoms with Crippen molar-refractivity contribution in [3.8, 4) is 11.5 Å². The first-order valence-corrected chi connectivity index (χ1v) is 11.0. The second kappa shape index (κ2) is 9.32. The molecule has 1 aromatic heterocycles. The molecule has 1 amide bonds. The second-order valence-corrected chi connectivity index (χ2v) is 8.54. The van der Waals surface area contributed by atoms with Crippen LogP contribution in [0.2, 0.25) is 0 Å². The largest absolute Gasteiger partial charge is 0.486 e. The normalized spacial score (nSPS) is 13.8. The molecule has 156 valence electrons. The van der Waals surface area contributed by atoms with Gasteiger partial charge in [-0.1, -0.05) is 44.2 Å². The number of hydrogen-bond acceptors (Lipinski definition) is 5. The highest BCUT2D eigenvalue weighted by Crippen LogP contribution is 2.32. The van der Waals surface area contributed by atoms with Gasteiger partial charge in [0.1, 0.15) is 13.2 Å². The summed E-state index contributed by atoms with van der Waals surface area (Å²) in [5, 5.41) is 8.40. The van der Waals surface area contributed by atoms with Crippen molar-refractivity contribution in [2.45, 2.75) is 25.8 Å². The molecule has 2 aromatic carbocycles. The molecule has 0 radical (unpaired) electrons. The lowest BCUT2D eigenvalue weighted by Gasteiger charge is -2.20. The van der Waals surface area contributed by atoms with Crippen LogP contribution in [0.4, 0.5) is 5.69 Å². The van der Waals surface area contributed by atoms with Crippen LogP contribution in [-0.4, -0.2) is 25.7 Å². The number of ether oxygens (including phenoxy) is 2. The van der Waals surface area contributed by atoms with Gasteiger partial charge >= 0.3 is 0 Å². The Kier molecular flexibility index (Phi) is 6.35. The molecule has 1 unspecified atom stereocenters. The van der Waals surface area contributed by atoms with E-state index in [1.54, 1.807) is 17.4 Å². The monoisotopic (exact) mass is 422 g/mol. The van der Waals surface area contributed by atoms with Gasteiger partial charge in [-0.05, 0) is 40.6 Å². The lowest BCUT2D eigenvalue weighted by atomic mass is 9.98. The number of carbonyl (C=O) groups is 1. The predicted molar refractivity (Wildman–Crippen MR) is 121 cm³/mol. The number of benzene rings is 2. The van der Waals surface area contributed by atoms with Crippen LogP contribution in [0.5, 0.6) is 11.5 Å². The maximum Gasteiger partial charge on any atom is 0.238 e. The lowest BCUT2D eigenvalue weighted by molar-refractivity contribution is -0.115. The lowest BCUT2D eigenvalue weighted by Crippen LogP contribution is -2.31. The first-order chi connectivity index (χ1) is 14.6. The van der Waals surface area contributed by atoms with Gasteiger partial charge in [0.25, 0.3) is 0 Å². The van der Waals surface area contributed by atoms with Gasteiger partial charge in [0.15, 0.2) is 11.5 Å². The molecule has 1 aliphatic rings. The molecule has 1 aliphatic heterocycles. The maximum atomic E-state index is 12.6. The van der Waals surface area contributed by atoms with Crippen molar-refractivity contribution in [1.82, 2.24) is 5.32 Å². The van der Waals surface area contributed by atoms with Gasteiger partial charge in [-0.2, -0.15) is 0 Å². The molecule has 6 heteroatoms. The van der Waals surface area contributed by atoms with Crippen molar-refractivity contribution in [1.29, 1.82) is 0 Å². The summed E-state index contributed by atoms with van der Waals surface area (Å²) < 4.78 is 11.1. The Labute approximate surface area is 181 Å². The fourth-order valence-corrected chi connectivity index (χ4v) is 4.26. The number of carbonyl (C=O) groups excluding carboxylic acids is 1. The van der Waals surface area contributed by atoms with Crippen LogP contribution in [0.1, 0.15) is 41.8 Å². The van der Waals surface area contributed by atoms with Crippen LogP contribution in [0.3, 0.4) is 0 Å². The maximum absolute atomic E-state index is 12.6. The summed E-state index contributed by atoms with van der Waals surface area (Å²) in [6, 6.07) is 18.2. The van der Waals surface area contributed by atoms with Gasteiger partial charge in [-0.25, -0.2) is 0 Å².